The summed E-state index contributed by atoms with van der Waals surface area (Å²) in [6, 6.07) is 15.6. The lowest BCUT2D eigenvalue weighted by Gasteiger charge is -2.26. The number of aryl methyl sites for hydroxylation is 1. The van der Waals surface area contributed by atoms with Crippen LogP contribution < -0.4 is 10.2 Å². The van der Waals surface area contributed by atoms with Crippen molar-refractivity contribution in [2.45, 2.75) is 64.3 Å². The van der Waals surface area contributed by atoms with Crippen molar-refractivity contribution >= 4 is 17.5 Å². The van der Waals surface area contributed by atoms with Crippen molar-refractivity contribution in [2.75, 3.05) is 23.3 Å². The van der Waals surface area contributed by atoms with Crippen molar-refractivity contribution in [3.63, 3.8) is 0 Å². The Kier molecular flexibility index (Phi) is 7.71. The second-order valence-corrected chi connectivity index (χ2v) is 14.1. The van der Waals surface area contributed by atoms with Gasteiger partial charge in [-0.2, -0.15) is 23.7 Å². The van der Waals surface area contributed by atoms with Gasteiger partial charge in [0.2, 0.25) is 0 Å². The predicted molar refractivity (Wildman–Crippen MR) is 176 cm³/mol. The van der Waals surface area contributed by atoms with Gasteiger partial charge in [0, 0.05) is 36.8 Å². The van der Waals surface area contributed by atoms with E-state index in [1.807, 2.05) is 13.8 Å². The topological polar surface area (TPSA) is 127 Å². The van der Waals surface area contributed by atoms with Crippen molar-refractivity contribution in [1.29, 1.82) is 10.5 Å². The van der Waals surface area contributed by atoms with E-state index in [0.717, 1.165) is 32.4 Å². The maximum atomic E-state index is 14.6. The van der Waals surface area contributed by atoms with Crippen LogP contribution in [0.3, 0.4) is 0 Å². The Hall–Kier alpha value is -5.27. The van der Waals surface area contributed by atoms with Gasteiger partial charge in [-0.1, -0.05) is 0 Å². The molecule has 1 saturated carbocycles. The fourth-order valence-electron chi connectivity index (χ4n) is 7.04. The van der Waals surface area contributed by atoms with Crippen LogP contribution in [0.4, 0.5) is 24.8 Å². The molecule has 0 atom stereocenters. The van der Waals surface area contributed by atoms with Crippen LogP contribution in [-0.4, -0.2) is 49.2 Å². The molecule has 10 nitrogen and oxygen atoms in total. The number of fused-ring (bicyclic) bond motifs is 1. The summed E-state index contributed by atoms with van der Waals surface area (Å²) >= 11 is 0. The van der Waals surface area contributed by atoms with Gasteiger partial charge in [-0.05, 0) is 110 Å². The van der Waals surface area contributed by atoms with E-state index in [1.54, 1.807) is 54.3 Å². The fourth-order valence-corrected chi connectivity index (χ4v) is 7.04. The standard InChI is InChI=1S/C36H34F3N9O/c1-34(2,8-10-40)44-30-15-24(26-12-22(17-41)4-5-25(26)32-45-42-21-46(32)3)16-31(43-30)48-19-28-27(33(48)49)13-23(14-29(28)36(37,38)39)18-47-11-9-35(20-47)6-7-35/h4-5,12-16,21H,6-9,11,18-20H2,1-3H3,(H,43,44). The number of carbonyl (C=O) groups is 1. The summed E-state index contributed by atoms with van der Waals surface area (Å²) in [6.45, 7) is 5.37. The van der Waals surface area contributed by atoms with Crippen LogP contribution in [-0.2, 0) is 26.3 Å². The predicted octanol–water partition coefficient (Wildman–Crippen LogP) is 6.69. The molecule has 1 amide bonds. The number of nitrogens with one attached hydrogen (secondary N) is 1. The maximum absolute atomic E-state index is 14.6. The van der Waals surface area contributed by atoms with Gasteiger partial charge < -0.3 is 9.88 Å². The van der Waals surface area contributed by atoms with E-state index in [0.29, 0.717) is 51.4 Å². The summed E-state index contributed by atoms with van der Waals surface area (Å²) in [5, 5.41) is 30.7. The van der Waals surface area contributed by atoms with Crippen molar-refractivity contribution in [3.05, 3.63) is 76.6 Å². The molecule has 2 aromatic carbocycles. The van der Waals surface area contributed by atoms with Crippen LogP contribution in [0.1, 0.15) is 72.1 Å². The molecule has 0 unspecified atom stereocenters. The first-order chi connectivity index (χ1) is 23.3. The Morgan fingerprint density at radius 2 is 1.82 bits per heavy atom. The number of anilines is 2. The van der Waals surface area contributed by atoms with Gasteiger partial charge in [0.05, 0.1) is 36.2 Å². The summed E-state index contributed by atoms with van der Waals surface area (Å²) in [4.78, 5) is 22.3. The Morgan fingerprint density at radius 3 is 2.47 bits per heavy atom. The Bertz CT molecular complexity index is 2070. The van der Waals surface area contributed by atoms with E-state index in [-0.39, 0.29) is 29.9 Å². The highest BCUT2D eigenvalue weighted by atomic mass is 19.4. The number of hydrogen-bond donors (Lipinski definition) is 1. The number of likely N-dealkylation sites (tertiary alicyclic amines) is 1. The van der Waals surface area contributed by atoms with Crippen LogP contribution in [0.2, 0.25) is 0 Å². The minimum atomic E-state index is -4.66. The largest absolute Gasteiger partial charge is 0.416 e. The normalized spacial score (nSPS) is 16.9. The lowest BCUT2D eigenvalue weighted by Crippen LogP contribution is -2.31. The second-order valence-electron chi connectivity index (χ2n) is 14.1. The summed E-state index contributed by atoms with van der Waals surface area (Å²) in [6.07, 6.45) is 0.388. The minimum Gasteiger partial charge on any atom is -0.364 e. The SMILES string of the molecule is Cn1cnnc1-c1ccc(C#N)cc1-c1cc(NC(C)(C)CC#N)nc(N2Cc3c(cc(CN4CCC5(CC5)C4)cc3C(F)(F)F)C2=O)c1. The summed E-state index contributed by atoms with van der Waals surface area (Å²) in [5.74, 6) is 0.385. The van der Waals surface area contributed by atoms with Crippen LogP contribution in [0.25, 0.3) is 22.5 Å². The number of carbonyl (C=O) groups excluding carboxylic acids is 1. The third kappa shape index (κ3) is 6.22. The highest BCUT2D eigenvalue weighted by Gasteiger charge is 2.48. The van der Waals surface area contributed by atoms with Crippen molar-refractivity contribution < 1.29 is 18.0 Å². The molecule has 0 bridgehead atoms. The zero-order chi connectivity index (χ0) is 34.7. The molecule has 0 radical (unpaired) electrons. The monoisotopic (exact) mass is 665 g/mol. The van der Waals surface area contributed by atoms with Crippen molar-refractivity contribution in [3.8, 4) is 34.7 Å². The molecular weight excluding hydrogens is 631 g/mol. The molecule has 250 valence electrons. The zero-order valence-electron chi connectivity index (χ0n) is 27.4. The molecule has 49 heavy (non-hydrogen) atoms. The van der Waals surface area contributed by atoms with Gasteiger partial charge in [-0.25, -0.2) is 4.98 Å². The number of amides is 1. The molecule has 3 aliphatic rings. The van der Waals surface area contributed by atoms with Crippen LogP contribution in [0.15, 0.2) is 48.8 Å². The molecule has 1 aliphatic carbocycles. The van der Waals surface area contributed by atoms with Gasteiger partial charge >= 0.3 is 6.18 Å². The molecular formula is C36H34F3N9O. The minimum absolute atomic E-state index is 0.0166. The lowest BCUT2D eigenvalue weighted by atomic mass is 9.96. The molecule has 2 aliphatic heterocycles. The van der Waals surface area contributed by atoms with Crippen molar-refractivity contribution in [2.24, 2.45) is 12.5 Å². The van der Waals surface area contributed by atoms with E-state index >= 15 is 0 Å². The van der Waals surface area contributed by atoms with E-state index < -0.39 is 23.2 Å². The van der Waals surface area contributed by atoms with Crippen LogP contribution in [0.5, 0.6) is 0 Å². The first kappa shape index (κ1) is 32.3. The average Bonchev–Trinajstić information content (AvgIpc) is 3.30. The highest BCUT2D eigenvalue weighted by Crippen LogP contribution is 2.53. The highest BCUT2D eigenvalue weighted by molar-refractivity contribution is 6.10. The summed E-state index contributed by atoms with van der Waals surface area (Å²) in [5.41, 5.74) is 1.31. The Morgan fingerprint density at radius 1 is 1.02 bits per heavy atom. The summed E-state index contributed by atoms with van der Waals surface area (Å²) < 4.78 is 45.5. The first-order valence-electron chi connectivity index (χ1n) is 16.1. The molecule has 1 saturated heterocycles. The molecule has 4 aromatic rings. The van der Waals surface area contributed by atoms with E-state index in [4.69, 9.17) is 4.98 Å². The number of hydrogen-bond acceptors (Lipinski definition) is 8. The smallest absolute Gasteiger partial charge is 0.364 e. The molecule has 4 heterocycles. The molecule has 1 N–H and O–H groups in total. The van der Waals surface area contributed by atoms with Gasteiger partial charge in [0.1, 0.15) is 18.0 Å². The van der Waals surface area contributed by atoms with Crippen LogP contribution in [0, 0.1) is 28.1 Å². The number of pyridine rings is 1. The molecule has 13 heteroatoms. The maximum Gasteiger partial charge on any atom is 0.416 e. The van der Waals surface area contributed by atoms with E-state index in [1.165, 1.54) is 11.0 Å². The Balaban J connectivity index is 1.33. The number of benzene rings is 2. The average molecular weight is 666 g/mol. The quantitative estimate of drug-likeness (QED) is 0.221. The third-order valence-corrected chi connectivity index (χ3v) is 9.78. The number of halogens is 3. The van der Waals surface area contributed by atoms with Crippen molar-refractivity contribution in [1.82, 2.24) is 24.6 Å². The number of rotatable bonds is 8. The van der Waals surface area contributed by atoms with Gasteiger partial charge in [-0.15, -0.1) is 10.2 Å². The Labute approximate surface area is 281 Å². The molecule has 2 fully saturated rings. The second kappa shape index (κ2) is 11.7. The van der Waals surface area contributed by atoms with E-state index in [2.05, 4.69) is 32.6 Å². The summed E-state index contributed by atoms with van der Waals surface area (Å²) in [7, 11) is 1.78. The number of nitrogens with zero attached hydrogens (tertiary/aromatic N) is 8. The van der Waals surface area contributed by atoms with Gasteiger partial charge in [-0.3, -0.25) is 14.6 Å². The molecule has 1 spiro atoms. The lowest BCUT2D eigenvalue weighted by molar-refractivity contribution is -0.138. The van der Waals surface area contributed by atoms with Gasteiger partial charge in [0.25, 0.3) is 5.91 Å². The van der Waals surface area contributed by atoms with Gasteiger partial charge in [0.15, 0.2) is 5.82 Å². The molecule has 2 aromatic heterocycles. The number of alkyl halides is 3. The fraction of sp³-hybridized carbons (Fsp3) is 0.389. The number of aromatic nitrogens is 4. The van der Waals surface area contributed by atoms with E-state index in [9.17, 15) is 28.5 Å². The first-order valence-corrected chi connectivity index (χ1v) is 16.1. The molecule has 7 rings (SSSR count). The number of nitriles is 2. The zero-order valence-corrected chi connectivity index (χ0v) is 27.4. The third-order valence-electron chi connectivity index (χ3n) is 9.78. The van der Waals surface area contributed by atoms with Crippen LogP contribution >= 0.6 is 0 Å².